The van der Waals surface area contributed by atoms with E-state index >= 15 is 0 Å². The number of methoxy groups -OCH3 is 2. The maximum absolute atomic E-state index is 5.54. The molecule has 29 heavy (non-hydrogen) atoms. The Hall–Kier alpha value is -2.00. The molecule has 2 atom stereocenters. The highest BCUT2D eigenvalue weighted by molar-refractivity contribution is 5.48. The molecule has 0 bridgehead atoms. The standard InChI is InChI=1S/C26H35NO2/c1-19-13-23-16-25(28-2)26(29-3)17-24(23)15-22(19)14-20-9-11-27(12-10-20)18-21-7-5-4-6-8-21/h4-8,16-17,19-20,22H,9-15,18H2,1-3H3. The second-order valence-electron chi connectivity index (χ2n) is 9.06. The van der Waals surface area contributed by atoms with E-state index in [9.17, 15) is 0 Å². The van der Waals surface area contributed by atoms with E-state index in [4.69, 9.17) is 9.47 Å². The van der Waals surface area contributed by atoms with E-state index in [0.717, 1.165) is 42.2 Å². The minimum atomic E-state index is 0.739. The smallest absolute Gasteiger partial charge is 0.161 e. The fourth-order valence-corrected chi connectivity index (χ4v) is 5.31. The third kappa shape index (κ3) is 4.78. The Bertz CT molecular complexity index is 796. The summed E-state index contributed by atoms with van der Waals surface area (Å²) in [6.07, 6.45) is 6.39. The molecule has 156 valence electrons. The van der Waals surface area contributed by atoms with Gasteiger partial charge >= 0.3 is 0 Å². The summed E-state index contributed by atoms with van der Waals surface area (Å²) in [6.45, 7) is 6.02. The number of hydrogen-bond acceptors (Lipinski definition) is 3. The zero-order chi connectivity index (χ0) is 20.2. The Balaban J connectivity index is 1.33. The molecule has 0 radical (unpaired) electrons. The van der Waals surface area contributed by atoms with Crippen LogP contribution in [0, 0.1) is 17.8 Å². The molecule has 4 rings (SSSR count). The Morgan fingerprint density at radius 3 is 2.14 bits per heavy atom. The van der Waals surface area contributed by atoms with Crippen molar-refractivity contribution in [1.82, 2.24) is 4.90 Å². The van der Waals surface area contributed by atoms with Crippen molar-refractivity contribution >= 4 is 0 Å². The predicted molar refractivity (Wildman–Crippen MR) is 119 cm³/mol. The van der Waals surface area contributed by atoms with Gasteiger partial charge in [0.2, 0.25) is 0 Å². The van der Waals surface area contributed by atoms with Gasteiger partial charge in [0.1, 0.15) is 0 Å². The van der Waals surface area contributed by atoms with Gasteiger partial charge in [-0.05, 0) is 91.8 Å². The average molecular weight is 394 g/mol. The quantitative estimate of drug-likeness (QED) is 0.660. The highest BCUT2D eigenvalue weighted by Gasteiger charge is 2.30. The Morgan fingerprint density at radius 1 is 0.897 bits per heavy atom. The molecule has 1 aliphatic carbocycles. The van der Waals surface area contributed by atoms with Crippen LogP contribution < -0.4 is 9.47 Å². The Kier molecular flexibility index (Phi) is 6.44. The van der Waals surface area contributed by atoms with Crippen molar-refractivity contribution in [1.29, 1.82) is 0 Å². The van der Waals surface area contributed by atoms with Crippen LogP contribution in [0.15, 0.2) is 42.5 Å². The molecule has 1 aliphatic heterocycles. The summed E-state index contributed by atoms with van der Waals surface area (Å²) < 4.78 is 11.1. The number of fused-ring (bicyclic) bond motifs is 1. The third-order valence-corrected chi connectivity index (χ3v) is 7.13. The van der Waals surface area contributed by atoms with E-state index in [2.05, 4.69) is 54.3 Å². The van der Waals surface area contributed by atoms with Crippen LogP contribution in [0.1, 0.15) is 42.9 Å². The van der Waals surface area contributed by atoms with Gasteiger partial charge in [-0.3, -0.25) is 4.90 Å². The van der Waals surface area contributed by atoms with Crippen molar-refractivity contribution in [3.8, 4) is 11.5 Å². The summed E-state index contributed by atoms with van der Waals surface area (Å²) in [5.41, 5.74) is 4.35. The van der Waals surface area contributed by atoms with Gasteiger partial charge in [-0.1, -0.05) is 37.3 Å². The van der Waals surface area contributed by atoms with Crippen LogP contribution >= 0.6 is 0 Å². The molecular weight excluding hydrogens is 358 g/mol. The SMILES string of the molecule is COc1cc2c(cc1OC)CC(CC1CCN(Cc3ccccc3)CC1)C(C)C2. The third-order valence-electron chi connectivity index (χ3n) is 7.13. The zero-order valence-electron chi connectivity index (χ0n) is 18.2. The second kappa shape index (κ2) is 9.21. The summed E-state index contributed by atoms with van der Waals surface area (Å²) in [4.78, 5) is 2.63. The number of likely N-dealkylation sites (tertiary alicyclic amines) is 1. The van der Waals surface area contributed by atoms with Gasteiger partial charge in [-0.15, -0.1) is 0 Å². The van der Waals surface area contributed by atoms with Crippen molar-refractivity contribution in [3.05, 3.63) is 59.2 Å². The molecule has 0 spiro atoms. The topological polar surface area (TPSA) is 21.7 Å². The Morgan fingerprint density at radius 2 is 1.52 bits per heavy atom. The Labute approximate surface area is 176 Å². The minimum absolute atomic E-state index is 0.739. The van der Waals surface area contributed by atoms with Gasteiger partial charge in [0, 0.05) is 6.54 Å². The summed E-state index contributed by atoms with van der Waals surface area (Å²) in [7, 11) is 3.46. The molecule has 1 heterocycles. The molecular formula is C26H35NO2. The lowest BCUT2D eigenvalue weighted by atomic mass is 9.72. The summed E-state index contributed by atoms with van der Waals surface area (Å²) >= 11 is 0. The van der Waals surface area contributed by atoms with Gasteiger partial charge in [0.25, 0.3) is 0 Å². The molecule has 0 N–H and O–H groups in total. The lowest BCUT2D eigenvalue weighted by Crippen LogP contribution is -2.35. The van der Waals surface area contributed by atoms with Gasteiger partial charge in [0.15, 0.2) is 11.5 Å². The van der Waals surface area contributed by atoms with E-state index < -0.39 is 0 Å². The van der Waals surface area contributed by atoms with Crippen molar-refractivity contribution in [2.24, 2.45) is 17.8 Å². The van der Waals surface area contributed by atoms with Crippen molar-refractivity contribution in [3.63, 3.8) is 0 Å². The van der Waals surface area contributed by atoms with E-state index in [1.54, 1.807) is 14.2 Å². The fourth-order valence-electron chi connectivity index (χ4n) is 5.31. The summed E-state index contributed by atoms with van der Waals surface area (Å²) in [5, 5.41) is 0. The predicted octanol–water partition coefficient (Wildman–Crippen LogP) is 5.36. The zero-order valence-corrected chi connectivity index (χ0v) is 18.2. The maximum atomic E-state index is 5.54. The van der Waals surface area contributed by atoms with E-state index in [1.165, 1.54) is 55.5 Å². The van der Waals surface area contributed by atoms with E-state index in [-0.39, 0.29) is 0 Å². The number of ether oxygens (including phenoxy) is 2. The average Bonchev–Trinajstić information content (AvgIpc) is 2.75. The number of hydrogen-bond donors (Lipinski definition) is 0. The van der Waals surface area contributed by atoms with E-state index in [1.807, 2.05) is 0 Å². The van der Waals surface area contributed by atoms with Crippen LogP contribution in [0.5, 0.6) is 11.5 Å². The minimum Gasteiger partial charge on any atom is -0.493 e. The normalized spacial score (nSPS) is 22.9. The molecule has 1 fully saturated rings. The first-order valence-corrected chi connectivity index (χ1v) is 11.2. The number of piperidine rings is 1. The first-order valence-electron chi connectivity index (χ1n) is 11.2. The molecule has 2 unspecified atom stereocenters. The summed E-state index contributed by atoms with van der Waals surface area (Å²) in [6, 6.07) is 15.3. The van der Waals surface area contributed by atoms with Gasteiger partial charge in [-0.2, -0.15) is 0 Å². The maximum Gasteiger partial charge on any atom is 0.161 e. The highest BCUT2D eigenvalue weighted by atomic mass is 16.5. The molecule has 0 saturated carbocycles. The van der Waals surface area contributed by atoms with Gasteiger partial charge < -0.3 is 9.47 Å². The van der Waals surface area contributed by atoms with Gasteiger partial charge in [0.05, 0.1) is 14.2 Å². The molecule has 2 aliphatic rings. The molecule has 0 amide bonds. The second-order valence-corrected chi connectivity index (χ2v) is 9.06. The number of nitrogens with zero attached hydrogens (tertiary/aromatic N) is 1. The van der Waals surface area contributed by atoms with Crippen LogP contribution in [0.2, 0.25) is 0 Å². The molecule has 2 aromatic rings. The lowest BCUT2D eigenvalue weighted by molar-refractivity contribution is 0.147. The van der Waals surface area contributed by atoms with Crippen LogP contribution in [0.4, 0.5) is 0 Å². The van der Waals surface area contributed by atoms with E-state index in [0.29, 0.717) is 0 Å². The molecule has 0 aromatic heterocycles. The molecule has 2 aromatic carbocycles. The number of benzene rings is 2. The van der Waals surface area contributed by atoms with Crippen molar-refractivity contribution in [2.75, 3.05) is 27.3 Å². The summed E-state index contributed by atoms with van der Waals surface area (Å²) in [5.74, 6) is 4.13. The highest BCUT2D eigenvalue weighted by Crippen LogP contribution is 2.40. The fraction of sp³-hybridized carbons (Fsp3) is 0.538. The first-order chi connectivity index (χ1) is 14.2. The largest absolute Gasteiger partial charge is 0.493 e. The molecule has 3 nitrogen and oxygen atoms in total. The van der Waals surface area contributed by atoms with Crippen LogP contribution in [-0.4, -0.2) is 32.2 Å². The lowest BCUT2D eigenvalue weighted by Gasteiger charge is -2.37. The van der Waals surface area contributed by atoms with Crippen LogP contribution in [0.25, 0.3) is 0 Å². The first kappa shape index (κ1) is 20.3. The molecule has 1 saturated heterocycles. The van der Waals surface area contributed by atoms with Crippen molar-refractivity contribution in [2.45, 2.75) is 45.6 Å². The van der Waals surface area contributed by atoms with Crippen LogP contribution in [-0.2, 0) is 19.4 Å². The molecule has 3 heteroatoms. The van der Waals surface area contributed by atoms with Crippen LogP contribution in [0.3, 0.4) is 0 Å². The monoisotopic (exact) mass is 393 g/mol. The van der Waals surface area contributed by atoms with Gasteiger partial charge in [-0.25, -0.2) is 0 Å². The van der Waals surface area contributed by atoms with Crippen molar-refractivity contribution < 1.29 is 9.47 Å². The number of rotatable bonds is 6.